The van der Waals surface area contributed by atoms with E-state index in [9.17, 15) is 9.59 Å². The molecule has 1 aliphatic rings. The predicted octanol–water partition coefficient (Wildman–Crippen LogP) is 4.41. The third kappa shape index (κ3) is 3.96. The molecule has 0 atom stereocenters. The Balaban J connectivity index is 1.66. The summed E-state index contributed by atoms with van der Waals surface area (Å²) in [5.74, 6) is -0.585. The van der Waals surface area contributed by atoms with Crippen LogP contribution in [0.2, 0.25) is 5.02 Å². The van der Waals surface area contributed by atoms with Crippen molar-refractivity contribution >= 4 is 29.1 Å². The molecule has 4 rings (SSSR count). The van der Waals surface area contributed by atoms with E-state index in [1.165, 1.54) is 0 Å². The fourth-order valence-electron chi connectivity index (χ4n) is 3.74. The molecule has 1 aromatic heterocycles. The van der Waals surface area contributed by atoms with Crippen LogP contribution in [0.25, 0.3) is 5.69 Å². The smallest absolute Gasteiger partial charge is 0.276 e. The molecule has 2 amide bonds. The molecule has 0 bridgehead atoms. The van der Waals surface area contributed by atoms with E-state index in [1.807, 2.05) is 41.9 Å². The molecule has 1 aliphatic carbocycles. The van der Waals surface area contributed by atoms with Gasteiger partial charge < -0.3 is 10.6 Å². The second kappa shape index (κ2) is 8.71. The van der Waals surface area contributed by atoms with Gasteiger partial charge in [0.2, 0.25) is 0 Å². The molecule has 2 N–H and O–H groups in total. The van der Waals surface area contributed by atoms with Gasteiger partial charge in [0.15, 0.2) is 5.69 Å². The first-order chi connectivity index (χ1) is 14.6. The van der Waals surface area contributed by atoms with Crippen molar-refractivity contribution in [2.45, 2.75) is 32.6 Å². The van der Waals surface area contributed by atoms with Crippen molar-refractivity contribution in [3.63, 3.8) is 0 Å². The van der Waals surface area contributed by atoms with E-state index in [0.717, 1.165) is 42.6 Å². The van der Waals surface area contributed by atoms with Crippen molar-refractivity contribution in [1.82, 2.24) is 15.1 Å². The minimum absolute atomic E-state index is 0.246. The van der Waals surface area contributed by atoms with E-state index in [4.69, 9.17) is 11.6 Å². The van der Waals surface area contributed by atoms with Gasteiger partial charge >= 0.3 is 0 Å². The van der Waals surface area contributed by atoms with Crippen LogP contribution in [0.1, 0.15) is 51.9 Å². The van der Waals surface area contributed by atoms with E-state index in [1.54, 1.807) is 18.2 Å². The van der Waals surface area contributed by atoms with Crippen molar-refractivity contribution in [2.24, 2.45) is 0 Å². The lowest BCUT2D eigenvalue weighted by Crippen LogP contribution is -2.26. The van der Waals surface area contributed by atoms with Crippen LogP contribution in [-0.2, 0) is 12.8 Å². The summed E-state index contributed by atoms with van der Waals surface area (Å²) < 4.78 is 1.85. The zero-order chi connectivity index (χ0) is 21.1. The average molecular weight is 423 g/mol. The normalized spacial score (nSPS) is 12.5. The lowest BCUT2D eigenvalue weighted by Gasteiger charge is -2.11. The number of aromatic nitrogens is 2. The molecule has 3 aromatic rings. The number of nitrogens with one attached hydrogen (secondary N) is 2. The molecule has 0 spiro atoms. The number of carbonyl (C=O) groups excluding carboxylic acids is 2. The maximum atomic E-state index is 13.2. The molecule has 2 aromatic carbocycles. The predicted molar refractivity (Wildman–Crippen MR) is 118 cm³/mol. The highest BCUT2D eigenvalue weighted by Crippen LogP contribution is 2.29. The van der Waals surface area contributed by atoms with Gasteiger partial charge in [-0.3, -0.25) is 9.59 Å². The summed E-state index contributed by atoms with van der Waals surface area (Å²) in [6, 6.07) is 14.6. The molecule has 7 heteroatoms. The summed E-state index contributed by atoms with van der Waals surface area (Å²) in [6.45, 7) is 2.54. The highest BCUT2D eigenvalue weighted by molar-refractivity contribution is 6.31. The first-order valence-corrected chi connectivity index (χ1v) is 10.5. The number of carbonyl (C=O) groups is 2. The zero-order valence-electron chi connectivity index (χ0n) is 16.7. The first kappa shape index (κ1) is 20.2. The minimum atomic E-state index is -0.338. The summed E-state index contributed by atoms with van der Waals surface area (Å²) in [4.78, 5) is 25.7. The maximum Gasteiger partial charge on any atom is 0.276 e. The Morgan fingerprint density at radius 1 is 1.10 bits per heavy atom. The maximum absolute atomic E-state index is 13.2. The number of rotatable bonds is 6. The SMILES string of the molecule is CCCNC(=O)c1ccc(Cl)cc1NC(=O)c1nn(-c2ccccc2)c2c1CCC2. The zero-order valence-corrected chi connectivity index (χ0v) is 17.5. The number of para-hydroxylation sites is 1. The van der Waals surface area contributed by atoms with E-state index in [2.05, 4.69) is 15.7 Å². The first-order valence-electron chi connectivity index (χ1n) is 10.1. The van der Waals surface area contributed by atoms with Crippen LogP contribution in [-0.4, -0.2) is 28.1 Å². The molecule has 6 nitrogen and oxygen atoms in total. The van der Waals surface area contributed by atoms with E-state index in [-0.39, 0.29) is 11.8 Å². The molecule has 0 saturated heterocycles. The quantitative estimate of drug-likeness (QED) is 0.617. The highest BCUT2D eigenvalue weighted by Gasteiger charge is 2.27. The Morgan fingerprint density at radius 3 is 2.67 bits per heavy atom. The second-order valence-electron chi connectivity index (χ2n) is 7.27. The van der Waals surface area contributed by atoms with Crippen LogP contribution in [0.3, 0.4) is 0 Å². The summed E-state index contributed by atoms with van der Waals surface area (Å²) in [5, 5.41) is 10.8. The third-order valence-electron chi connectivity index (χ3n) is 5.16. The number of fused-ring (bicyclic) bond motifs is 1. The molecule has 1 heterocycles. The van der Waals surface area contributed by atoms with E-state index >= 15 is 0 Å². The van der Waals surface area contributed by atoms with Crippen LogP contribution in [0, 0.1) is 0 Å². The van der Waals surface area contributed by atoms with Crippen molar-refractivity contribution in [2.75, 3.05) is 11.9 Å². The lowest BCUT2D eigenvalue weighted by molar-refractivity contribution is 0.0954. The molecule has 0 fully saturated rings. The van der Waals surface area contributed by atoms with Gasteiger partial charge in [-0.05, 0) is 56.0 Å². The van der Waals surface area contributed by atoms with E-state index < -0.39 is 0 Å². The molecule has 154 valence electrons. The van der Waals surface area contributed by atoms with Gasteiger partial charge in [0.05, 0.1) is 16.9 Å². The van der Waals surface area contributed by atoms with Gasteiger partial charge in [0.1, 0.15) is 0 Å². The number of anilines is 1. The van der Waals surface area contributed by atoms with Crippen molar-refractivity contribution in [1.29, 1.82) is 0 Å². The van der Waals surface area contributed by atoms with Gasteiger partial charge in [-0.15, -0.1) is 0 Å². The Labute approximate surface area is 180 Å². The van der Waals surface area contributed by atoms with Crippen molar-refractivity contribution in [3.05, 3.63) is 76.1 Å². The molecular formula is C23H23ClN4O2. The van der Waals surface area contributed by atoms with Crippen molar-refractivity contribution in [3.8, 4) is 5.69 Å². The summed E-state index contributed by atoms with van der Waals surface area (Å²) in [6.07, 6.45) is 3.50. The van der Waals surface area contributed by atoms with Crippen molar-refractivity contribution < 1.29 is 9.59 Å². The number of nitrogens with zero attached hydrogens (tertiary/aromatic N) is 2. The number of hydrogen-bond acceptors (Lipinski definition) is 3. The highest BCUT2D eigenvalue weighted by atomic mass is 35.5. The van der Waals surface area contributed by atoms with E-state index in [0.29, 0.717) is 28.5 Å². The van der Waals surface area contributed by atoms with Crippen LogP contribution < -0.4 is 10.6 Å². The summed E-state index contributed by atoms with van der Waals surface area (Å²) >= 11 is 6.13. The second-order valence-corrected chi connectivity index (χ2v) is 7.71. The van der Waals surface area contributed by atoms with Gasteiger partial charge in [-0.25, -0.2) is 4.68 Å². The Hall–Kier alpha value is -3.12. The molecule has 0 aliphatic heterocycles. The lowest BCUT2D eigenvalue weighted by atomic mass is 10.1. The number of halogens is 1. The Morgan fingerprint density at radius 2 is 1.90 bits per heavy atom. The Kier molecular flexibility index (Phi) is 5.86. The number of hydrogen-bond donors (Lipinski definition) is 2. The van der Waals surface area contributed by atoms with Crippen LogP contribution in [0.5, 0.6) is 0 Å². The summed E-state index contributed by atoms with van der Waals surface area (Å²) in [5.41, 5.74) is 4.11. The van der Waals surface area contributed by atoms with Crippen LogP contribution in [0.15, 0.2) is 48.5 Å². The third-order valence-corrected chi connectivity index (χ3v) is 5.39. The van der Waals surface area contributed by atoms with Gasteiger partial charge in [0, 0.05) is 22.8 Å². The molecule has 0 saturated carbocycles. The fourth-order valence-corrected chi connectivity index (χ4v) is 3.91. The average Bonchev–Trinajstić information content (AvgIpc) is 3.35. The van der Waals surface area contributed by atoms with Crippen LogP contribution in [0.4, 0.5) is 5.69 Å². The summed E-state index contributed by atoms with van der Waals surface area (Å²) in [7, 11) is 0. The topological polar surface area (TPSA) is 76.0 Å². The molecule has 0 unspecified atom stereocenters. The number of benzene rings is 2. The van der Waals surface area contributed by atoms with Gasteiger partial charge in [-0.2, -0.15) is 5.10 Å². The van der Waals surface area contributed by atoms with Gasteiger partial charge in [-0.1, -0.05) is 36.7 Å². The molecular weight excluding hydrogens is 400 g/mol. The number of amides is 2. The molecule has 30 heavy (non-hydrogen) atoms. The molecule has 0 radical (unpaired) electrons. The standard InChI is InChI=1S/C23H23ClN4O2/c1-2-13-25-22(29)17-12-11-15(24)14-19(17)26-23(30)21-18-9-6-10-20(18)28(27-21)16-7-4-3-5-8-16/h3-5,7-8,11-12,14H,2,6,9-10,13H2,1H3,(H,25,29)(H,26,30). The Bertz CT molecular complexity index is 1090. The van der Waals surface area contributed by atoms with Crippen LogP contribution >= 0.6 is 11.6 Å². The minimum Gasteiger partial charge on any atom is -0.352 e. The largest absolute Gasteiger partial charge is 0.352 e. The van der Waals surface area contributed by atoms with Gasteiger partial charge in [0.25, 0.3) is 11.8 Å². The monoisotopic (exact) mass is 422 g/mol. The fraction of sp³-hybridized carbons (Fsp3) is 0.261.